The number of methoxy groups -OCH3 is 1. The fourth-order valence-electron chi connectivity index (χ4n) is 4.32. The molecule has 1 aromatic heterocycles. The topological polar surface area (TPSA) is 68.2 Å². The van der Waals surface area contributed by atoms with Crippen LogP contribution in [0.5, 0.6) is 0 Å². The molecule has 1 unspecified atom stereocenters. The number of carbonyl (C=O) groups excluding carboxylic acids is 1. The Kier molecular flexibility index (Phi) is 6.79. The van der Waals surface area contributed by atoms with Crippen LogP contribution in [0.2, 0.25) is 0 Å². The van der Waals surface area contributed by atoms with Crippen LogP contribution in [0.25, 0.3) is 11.3 Å². The number of aryl methyl sites for hydroxylation is 1. The second kappa shape index (κ2) is 9.90. The number of amides is 1. The molecule has 2 aromatic carbocycles. The predicted molar refractivity (Wildman–Crippen MR) is 121 cm³/mol. The zero-order valence-electron chi connectivity index (χ0n) is 18.1. The molecule has 4 rings (SSSR count). The lowest BCUT2D eigenvalue weighted by Gasteiger charge is -2.21. The molecule has 0 saturated carbocycles. The van der Waals surface area contributed by atoms with E-state index >= 15 is 0 Å². The summed E-state index contributed by atoms with van der Waals surface area (Å²) in [6, 6.07) is 22.8. The molecule has 1 amide bonds. The fourth-order valence-corrected chi connectivity index (χ4v) is 4.32. The van der Waals surface area contributed by atoms with Gasteiger partial charge in [-0.05, 0) is 24.5 Å². The van der Waals surface area contributed by atoms with Crippen molar-refractivity contribution in [2.24, 2.45) is 7.05 Å². The van der Waals surface area contributed by atoms with Crippen LogP contribution in [-0.2, 0) is 23.0 Å². The summed E-state index contributed by atoms with van der Waals surface area (Å²) in [5.74, 6) is 0.0164. The molecular formula is C25H30N4O2. The molecule has 1 fully saturated rings. The predicted octanol–water partition coefficient (Wildman–Crippen LogP) is 3.25. The summed E-state index contributed by atoms with van der Waals surface area (Å²) >= 11 is 0. The fraction of sp³-hybridized carbons (Fsp3) is 0.360. The highest BCUT2D eigenvalue weighted by Gasteiger charge is 2.35. The first-order valence-corrected chi connectivity index (χ1v) is 10.8. The third kappa shape index (κ3) is 5.21. The van der Waals surface area contributed by atoms with Crippen LogP contribution in [0.3, 0.4) is 0 Å². The smallest absolute Gasteiger partial charge is 0.226 e. The SMILES string of the molecule is COCCC1C[C@@H](NC(=O)Cc2cc(-c3ccccc3)nn2C)[C@H](c2ccccc2)N1. The lowest BCUT2D eigenvalue weighted by atomic mass is 9.99. The van der Waals surface area contributed by atoms with Crippen LogP contribution in [0.15, 0.2) is 66.7 Å². The van der Waals surface area contributed by atoms with Gasteiger partial charge in [-0.3, -0.25) is 9.48 Å². The lowest BCUT2D eigenvalue weighted by molar-refractivity contribution is -0.121. The summed E-state index contributed by atoms with van der Waals surface area (Å²) in [5, 5.41) is 11.5. The van der Waals surface area contributed by atoms with Crippen molar-refractivity contribution in [2.45, 2.75) is 37.4 Å². The number of ether oxygens (including phenoxy) is 1. The summed E-state index contributed by atoms with van der Waals surface area (Å²) in [4.78, 5) is 13.0. The van der Waals surface area contributed by atoms with Gasteiger partial charge in [-0.1, -0.05) is 60.7 Å². The summed E-state index contributed by atoms with van der Waals surface area (Å²) in [6.45, 7) is 0.705. The number of nitrogens with one attached hydrogen (secondary N) is 2. The number of hydrogen-bond acceptors (Lipinski definition) is 4. The Morgan fingerprint density at radius 2 is 1.87 bits per heavy atom. The average molecular weight is 419 g/mol. The Morgan fingerprint density at radius 1 is 1.16 bits per heavy atom. The van der Waals surface area contributed by atoms with Gasteiger partial charge in [-0.15, -0.1) is 0 Å². The van der Waals surface area contributed by atoms with Gasteiger partial charge in [0.05, 0.1) is 18.2 Å². The minimum absolute atomic E-state index is 0.0164. The van der Waals surface area contributed by atoms with Crippen LogP contribution >= 0.6 is 0 Å². The van der Waals surface area contributed by atoms with Crippen molar-refractivity contribution >= 4 is 5.91 Å². The maximum atomic E-state index is 13.0. The first-order valence-electron chi connectivity index (χ1n) is 10.8. The van der Waals surface area contributed by atoms with Crippen LogP contribution in [0, 0.1) is 0 Å². The molecule has 6 nitrogen and oxygen atoms in total. The van der Waals surface area contributed by atoms with Crippen LogP contribution in [0.4, 0.5) is 0 Å². The summed E-state index contributed by atoms with van der Waals surface area (Å²) in [6.07, 6.45) is 2.11. The van der Waals surface area contributed by atoms with E-state index in [2.05, 4.69) is 27.9 Å². The summed E-state index contributed by atoms with van der Waals surface area (Å²) in [5.41, 5.74) is 4.03. The van der Waals surface area contributed by atoms with Gasteiger partial charge in [0, 0.05) is 44.1 Å². The number of aromatic nitrogens is 2. The van der Waals surface area contributed by atoms with Crippen LogP contribution in [-0.4, -0.2) is 41.5 Å². The maximum absolute atomic E-state index is 13.0. The molecular weight excluding hydrogens is 388 g/mol. The van der Waals surface area contributed by atoms with Crippen LogP contribution in [0.1, 0.15) is 30.1 Å². The molecule has 1 saturated heterocycles. The van der Waals surface area contributed by atoms with E-state index in [-0.39, 0.29) is 18.0 Å². The monoisotopic (exact) mass is 418 g/mol. The number of nitrogens with zero attached hydrogens (tertiary/aromatic N) is 2. The van der Waals surface area contributed by atoms with Crippen LogP contribution < -0.4 is 10.6 Å². The third-order valence-electron chi connectivity index (χ3n) is 5.92. The Hall–Kier alpha value is -2.96. The Labute approximate surface area is 183 Å². The van der Waals surface area contributed by atoms with Crippen molar-refractivity contribution in [1.29, 1.82) is 0 Å². The molecule has 31 heavy (non-hydrogen) atoms. The number of rotatable bonds is 8. The van der Waals surface area contributed by atoms with Crippen molar-refractivity contribution in [3.05, 3.63) is 78.0 Å². The molecule has 2 N–H and O–H groups in total. The van der Waals surface area contributed by atoms with Gasteiger partial charge in [-0.25, -0.2) is 0 Å². The molecule has 162 valence electrons. The Bertz CT molecular complexity index is 987. The second-order valence-electron chi connectivity index (χ2n) is 8.13. The van der Waals surface area contributed by atoms with Gasteiger partial charge in [-0.2, -0.15) is 5.10 Å². The van der Waals surface area contributed by atoms with E-state index in [0.717, 1.165) is 29.8 Å². The molecule has 0 spiro atoms. The van der Waals surface area contributed by atoms with E-state index < -0.39 is 0 Å². The van der Waals surface area contributed by atoms with Crippen molar-refractivity contribution in [2.75, 3.05) is 13.7 Å². The molecule has 6 heteroatoms. The highest BCUT2D eigenvalue weighted by molar-refractivity contribution is 5.79. The van der Waals surface area contributed by atoms with Gasteiger partial charge in [0.1, 0.15) is 0 Å². The summed E-state index contributed by atoms with van der Waals surface area (Å²) < 4.78 is 7.05. The summed E-state index contributed by atoms with van der Waals surface area (Å²) in [7, 11) is 3.61. The number of carbonyl (C=O) groups is 1. The molecule has 0 bridgehead atoms. The van der Waals surface area contributed by atoms with Gasteiger partial charge >= 0.3 is 0 Å². The van der Waals surface area contributed by atoms with Crippen molar-refractivity contribution in [1.82, 2.24) is 20.4 Å². The van der Waals surface area contributed by atoms with Crippen molar-refractivity contribution in [3.63, 3.8) is 0 Å². The standard InChI is InChI=1S/C25H30N4O2/c1-29-21(16-22(28-29)18-9-5-3-6-10-18)17-24(30)27-23-15-20(13-14-31-2)26-25(23)19-11-7-4-8-12-19/h3-12,16,20,23,25-26H,13-15,17H2,1-2H3,(H,27,30)/t20?,23-,25+/m1/s1. The highest BCUT2D eigenvalue weighted by atomic mass is 16.5. The molecule has 1 aliphatic rings. The zero-order valence-corrected chi connectivity index (χ0v) is 18.1. The van der Waals surface area contributed by atoms with E-state index in [1.165, 1.54) is 5.56 Å². The van der Waals surface area contributed by atoms with Gasteiger partial charge < -0.3 is 15.4 Å². The minimum Gasteiger partial charge on any atom is -0.385 e. The van der Waals surface area contributed by atoms with Gasteiger partial charge in [0.2, 0.25) is 5.91 Å². The van der Waals surface area contributed by atoms with Crippen molar-refractivity contribution < 1.29 is 9.53 Å². The first-order chi connectivity index (χ1) is 15.1. The third-order valence-corrected chi connectivity index (χ3v) is 5.92. The Balaban J connectivity index is 1.44. The van der Waals surface area contributed by atoms with Crippen molar-refractivity contribution in [3.8, 4) is 11.3 Å². The quantitative estimate of drug-likeness (QED) is 0.589. The zero-order chi connectivity index (χ0) is 21.6. The van der Waals surface area contributed by atoms with Gasteiger partial charge in [0.25, 0.3) is 0 Å². The average Bonchev–Trinajstić information content (AvgIpc) is 3.36. The largest absolute Gasteiger partial charge is 0.385 e. The molecule has 0 radical (unpaired) electrons. The second-order valence-corrected chi connectivity index (χ2v) is 8.13. The molecule has 0 aliphatic carbocycles. The Morgan fingerprint density at radius 3 is 2.58 bits per heavy atom. The molecule has 3 aromatic rings. The first kappa shape index (κ1) is 21.3. The van der Waals surface area contributed by atoms with E-state index in [1.807, 2.05) is 61.6 Å². The highest BCUT2D eigenvalue weighted by Crippen LogP contribution is 2.28. The normalized spacial score (nSPS) is 20.6. The minimum atomic E-state index is 0.0164. The van der Waals surface area contributed by atoms with E-state index in [0.29, 0.717) is 19.1 Å². The maximum Gasteiger partial charge on any atom is 0.226 e. The van der Waals surface area contributed by atoms with E-state index in [9.17, 15) is 4.79 Å². The molecule has 3 atom stereocenters. The van der Waals surface area contributed by atoms with E-state index in [4.69, 9.17) is 4.74 Å². The molecule has 1 aliphatic heterocycles. The number of benzene rings is 2. The van der Waals surface area contributed by atoms with E-state index in [1.54, 1.807) is 11.8 Å². The molecule has 2 heterocycles. The number of hydrogen-bond donors (Lipinski definition) is 2. The van der Waals surface area contributed by atoms with Gasteiger partial charge in [0.15, 0.2) is 0 Å². The lowest BCUT2D eigenvalue weighted by Crippen LogP contribution is -2.39.